The van der Waals surface area contributed by atoms with Gasteiger partial charge in [0.15, 0.2) is 0 Å². The lowest BCUT2D eigenvalue weighted by atomic mass is 10.0. The first-order valence-electron chi connectivity index (χ1n) is 10.8. The summed E-state index contributed by atoms with van der Waals surface area (Å²) in [7, 11) is 0. The Morgan fingerprint density at radius 3 is 1.38 bits per heavy atom. The molecule has 0 fully saturated rings. The third-order valence-corrected chi connectivity index (χ3v) is 4.78. The topological polar surface area (TPSA) is 46.3 Å². The molecule has 0 saturated heterocycles. The Hall–Kier alpha value is -0.570. The largest absolute Gasteiger partial charge is 0.281 e. The number of carbonyl (C=O) groups excluding carboxylic acids is 1. The number of nitrogens with zero attached hydrogens (tertiary/aromatic N) is 1. The van der Waals surface area contributed by atoms with Crippen LogP contribution in [-0.4, -0.2) is 17.5 Å². The van der Waals surface area contributed by atoms with Crippen LogP contribution in [0.2, 0.25) is 0 Å². The smallest absolute Gasteiger partial charge is 0.236 e. The molecule has 0 saturated carbocycles. The van der Waals surface area contributed by atoms with E-state index in [1.165, 1.54) is 94.9 Å². The molecule has 0 rings (SSSR count). The summed E-state index contributed by atoms with van der Waals surface area (Å²) in [5, 5.41) is 1.38. The van der Waals surface area contributed by atoms with E-state index >= 15 is 0 Å². The minimum absolute atomic E-state index is 0.103. The summed E-state index contributed by atoms with van der Waals surface area (Å²) >= 11 is 0. The quantitative estimate of drug-likeness (QED) is 0.136. The Balaban J connectivity index is 3.14. The number of hydrogen-bond donors (Lipinski definition) is 1. The Morgan fingerprint density at radius 2 is 1.00 bits per heavy atom. The highest BCUT2D eigenvalue weighted by Gasteiger charge is 2.07. The molecule has 0 atom stereocenters. The molecule has 0 heterocycles. The molecule has 0 aromatic rings. The van der Waals surface area contributed by atoms with Gasteiger partial charge >= 0.3 is 0 Å². The molecule has 144 valence electrons. The fraction of sp³-hybridized carbons (Fsp3) is 0.952. The number of amides is 1. The van der Waals surface area contributed by atoms with Crippen LogP contribution in [0.1, 0.15) is 123 Å². The summed E-state index contributed by atoms with van der Waals surface area (Å²) in [6.45, 7) is 5.00. The molecule has 0 aliphatic heterocycles. The van der Waals surface area contributed by atoms with Crippen molar-refractivity contribution in [2.75, 3.05) is 6.54 Å². The number of carbonyl (C=O) groups is 1. The van der Waals surface area contributed by atoms with Crippen molar-refractivity contribution >= 4 is 5.91 Å². The van der Waals surface area contributed by atoms with Gasteiger partial charge in [-0.25, -0.2) is 5.84 Å². The van der Waals surface area contributed by atoms with Gasteiger partial charge in [-0.3, -0.25) is 9.80 Å². The maximum Gasteiger partial charge on any atom is 0.236 e. The molecule has 24 heavy (non-hydrogen) atoms. The molecule has 0 bridgehead atoms. The highest BCUT2D eigenvalue weighted by molar-refractivity contribution is 5.75. The number of hydrazine groups is 1. The van der Waals surface area contributed by atoms with E-state index in [1.807, 2.05) is 6.92 Å². The molecule has 0 spiro atoms. The van der Waals surface area contributed by atoms with Crippen LogP contribution in [0.3, 0.4) is 0 Å². The lowest BCUT2D eigenvalue weighted by Gasteiger charge is -2.15. The summed E-state index contributed by atoms with van der Waals surface area (Å²) in [6.07, 6.45) is 21.8. The van der Waals surface area contributed by atoms with Crippen LogP contribution >= 0.6 is 0 Å². The molecular formula is C21H44N2O. The second kappa shape index (κ2) is 18.8. The Labute approximate surface area is 151 Å². The first-order valence-corrected chi connectivity index (χ1v) is 10.8. The maximum atomic E-state index is 11.7. The van der Waals surface area contributed by atoms with Gasteiger partial charge in [0.25, 0.3) is 0 Å². The highest BCUT2D eigenvalue weighted by atomic mass is 16.2. The van der Waals surface area contributed by atoms with Gasteiger partial charge in [0.2, 0.25) is 5.91 Å². The van der Waals surface area contributed by atoms with Gasteiger partial charge in [-0.2, -0.15) is 0 Å². The summed E-state index contributed by atoms with van der Waals surface area (Å²) in [5.74, 6) is 5.78. The highest BCUT2D eigenvalue weighted by Crippen LogP contribution is 2.13. The molecule has 0 aromatic heterocycles. The fourth-order valence-corrected chi connectivity index (χ4v) is 3.16. The number of nitrogens with two attached hydrogens (primary N) is 1. The molecule has 0 unspecified atom stereocenters. The predicted octanol–water partition coefficient (Wildman–Crippen LogP) is 6.36. The third kappa shape index (κ3) is 16.3. The van der Waals surface area contributed by atoms with Crippen LogP contribution < -0.4 is 5.84 Å². The molecule has 0 aromatic carbocycles. The SMILES string of the molecule is CCCCCCCCCCCCCCCCCC(=O)N(N)CCC. The van der Waals surface area contributed by atoms with Crippen LogP contribution in [-0.2, 0) is 4.79 Å². The van der Waals surface area contributed by atoms with Crippen molar-refractivity contribution in [3.05, 3.63) is 0 Å². The molecule has 3 heteroatoms. The lowest BCUT2D eigenvalue weighted by molar-refractivity contribution is -0.131. The zero-order valence-corrected chi connectivity index (χ0v) is 16.7. The summed E-state index contributed by atoms with van der Waals surface area (Å²) < 4.78 is 0. The van der Waals surface area contributed by atoms with Crippen molar-refractivity contribution in [2.24, 2.45) is 5.84 Å². The number of hydrogen-bond acceptors (Lipinski definition) is 2. The second-order valence-corrected chi connectivity index (χ2v) is 7.29. The second-order valence-electron chi connectivity index (χ2n) is 7.29. The van der Waals surface area contributed by atoms with Crippen molar-refractivity contribution in [2.45, 2.75) is 123 Å². The Kier molecular flexibility index (Phi) is 18.3. The molecule has 0 aliphatic carbocycles. The molecule has 0 radical (unpaired) electrons. The van der Waals surface area contributed by atoms with Gasteiger partial charge in [0, 0.05) is 13.0 Å². The maximum absolute atomic E-state index is 11.7. The van der Waals surface area contributed by atoms with Gasteiger partial charge in [0.05, 0.1) is 0 Å². The standard InChI is InChI=1S/C21H44N2O/c1-3-5-6-7-8-9-10-11-12-13-14-15-16-17-18-19-21(24)23(22)20-4-2/h3-20,22H2,1-2H3. The van der Waals surface area contributed by atoms with E-state index in [0.717, 1.165) is 12.8 Å². The van der Waals surface area contributed by atoms with E-state index in [9.17, 15) is 4.79 Å². The normalized spacial score (nSPS) is 11.0. The first kappa shape index (κ1) is 23.4. The van der Waals surface area contributed by atoms with Crippen molar-refractivity contribution in [3.63, 3.8) is 0 Å². The van der Waals surface area contributed by atoms with Crippen molar-refractivity contribution in [1.29, 1.82) is 0 Å². The monoisotopic (exact) mass is 340 g/mol. The zero-order chi connectivity index (χ0) is 17.9. The molecular weight excluding hydrogens is 296 g/mol. The van der Waals surface area contributed by atoms with E-state index in [0.29, 0.717) is 13.0 Å². The summed E-state index contributed by atoms with van der Waals surface area (Å²) in [4.78, 5) is 11.7. The minimum Gasteiger partial charge on any atom is -0.281 e. The van der Waals surface area contributed by atoms with Gasteiger partial charge in [0.1, 0.15) is 0 Å². The Bertz CT molecular complexity index is 269. The fourth-order valence-electron chi connectivity index (χ4n) is 3.16. The van der Waals surface area contributed by atoms with Crippen LogP contribution in [0.15, 0.2) is 0 Å². The molecule has 0 aliphatic rings. The van der Waals surface area contributed by atoms with Gasteiger partial charge < -0.3 is 0 Å². The summed E-state index contributed by atoms with van der Waals surface area (Å²) in [6, 6.07) is 0. The van der Waals surface area contributed by atoms with E-state index in [2.05, 4.69) is 6.92 Å². The molecule has 2 N–H and O–H groups in total. The van der Waals surface area contributed by atoms with Crippen molar-refractivity contribution < 1.29 is 4.79 Å². The average Bonchev–Trinajstić information content (AvgIpc) is 2.58. The zero-order valence-electron chi connectivity index (χ0n) is 16.7. The predicted molar refractivity (Wildman–Crippen MR) is 106 cm³/mol. The number of rotatable bonds is 18. The van der Waals surface area contributed by atoms with Crippen LogP contribution in [0.4, 0.5) is 0 Å². The van der Waals surface area contributed by atoms with Crippen LogP contribution in [0.5, 0.6) is 0 Å². The minimum atomic E-state index is 0.103. The first-order chi connectivity index (χ1) is 11.7. The van der Waals surface area contributed by atoms with Crippen LogP contribution in [0.25, 0.3) is 0 Å². The Morgan fingerprint density at radius 1 is 0.625 bits per heavy atom. The van der Waals surface area contributed by atoms with Gasteiger partial charge in [-0.15, -0.1) is 0 Å². The van der Waals surface area contributed by atoms with E-state index < -0.39 is 0 Å². The lowest BCUT2D eigenvalue weighted by Crippen LogP contribution is -2.37. The van der Waals surface area contributed by atoms with Crippen molar-refractivity contribution in [3.8, 4) is 0 Å². The van der Waals surface area contributed by atoms with Gasteiger partial charge in [-0.05, 0) is 12.8 Å². The molecule has 3 nitrogen and oxygen atoms in total. The third-order valence-electron chi connectivity index (χ3n) is 4.78. The van der Waals surface area contributed by atoms with E-state index in [-0.39, 0.29) is 5.91 Å². The summed E-state index contributed by atoms with van der Waals surface area (Å²) in [5.41, 5.74) is 0. The molecule has 1 amide bonds. The van der Waals surface area contributed by atoms with E-state index in [1.54, 1.807) is 0 Å². The van der Waals surface area contributed by atoms with Crippen LogP contribution in [0, 0.1) is 0 Å². The van der Waals surface area contributed by atoms with Crippen molar-refractivity contribution in [1.82, 2.24) is 5.01 Å². The number of unbranched alkanes of at least 4 members (excludes halogenated alkanes) is 14. The van der Waals surface area contributed by atoms with Gasteiger partial charge in [-0.1, -0.05) is 104 Å². The van der Waals surface area contributed by atoms with E-state index in [4.69, 9.17) is 5.84 Å². The average molecular weight is 341 g/mol.